The lowest BCUT2D eigenvalue weighted by Crippen LogP contribution is -2.40. The van der Waals surface area contributed by atoms with Gasteiger partial charge in [-0.3, -0.25) is 9.23 Å². The highest BCUT2D eigenvalue weighted by atomic mass is 32.3. The van der Waals surface area contributed by atoms with Crippen LogP contribution in [-0.4, -0.2) is 68.7 Å². The van der Waals surface area contributed by atoms with Crippen LogP contribution < -0.4 is 0 Å². The maximum absolute atomic E-state index is 12.8. The predicted molar refractivity (Wildman–Crippen MR) is 98.0 cm³/mol. The SMILES string of the molecule is Cn1ncc2c1[C@@H](C1=NOC(C(=O)OC(C)(C)C)C1)N1C[C@@H]2N(OS(=O)(=O)O)C1=O. The minimum absolute atomic E-state index is 0.0772. The van der Waals surface area contributed by atoms with Crippen molar-refractivity contribution in [2.75, 3.05) is 6.54 Å². The molecule has 0 saturated carbocycles. The second-order valence-electron chi connectivity index (χ2n) is 8.20. The van der Waals surface area contributed by atoms with Crippen LogP contribution in [0.1, 0.15) is 50.5 Å². The molecular weight excluding hydrogens is 422 g/mol. The van der Waals surface area contributed by atoms with E-state index in [9.17, 15) is 18.0 Å². The summed E-state index contributed by atoms with van der Waals surface area (Å²) in [5.41, 5.74) is 0.802. The largest absolute Gasteiger partial charge is 0.457 e. The molecule has 0 radical (unpaired) electrons. The molecule has 2 amide bonds. The fourth-order valence-electron chi connectivity index (χ4n) is 3.82. The van der Waals surface area contributed by atoms with E-state index in [2.05, 4.69) is 14.5 Å². The average Bonchev–Trinajstić information content (AvgIpc) is 3.29. The van der Waals surface area contributed by atoms with E-state index in [1.807, 2.05) is 0 Å². The molecular formula is C16H21N5O8S. The van der Waals surface area contributed by atoms with Crippen molar-refractivity contribution in [2.24, 2.45) is 12.2 Å². The number of hydrogen-bond acceptors (Lipinski definition) is 9. The molecule has 3 aliphatic rings. The van der Waals surface area contributed by atoms with Crippen molar-refractivity contribution in [3.8, 4) is 0 Å². The smallest absolute Gasteiger partial charge is 0.418 e. The lowest BCUT2D eigenvalue weighted by atomic mass is 9.93. The molecule has 1 aromatic rings. The van der Waals surface area contributed by atoms with E-state index >= 15 is 0 Å². The molecule has 1 fully saturated rings. The fourth-order valence-corrected chi connectivity index (χ4v) is 4.19. The Bertz CT molecular complexity index is 1040. The Morgan fingerprint density at radius 3 is 2.70 bits per heavy atom. The predicted octanol–water partition coefficient (Wildman–Crippen LogP) is 0.475. The van der Waals surface area contributed by atoms with Gasteiger partial charge in [0.25, 0.3) is 0 Å². The molecule has 3 aliphatic heterocycles. The van der Waals surface area contributed by atoms with Crippen LogP contribution in [0.2, 0.25) is 0 Å². The molecule has 3 atom stereocenters. The quantitative estimate of drug-likeness (QED) is 0.517. The monoisotopic (exact) mass is 443 g/mol. The van der Waals surface area contributed by atoms with Crippen LogP contribution in [0.4, 0.5) is 4.79 Å². The molecule has 4 heterocycles. The summed E-state index contributed by atoms with van der Waals surface area (Å²) in [5, 5.41) is 8.81. The molecule has 0 aliphatic carbocycles. The molecule has 1 saturated heterocycles. The van der Waals surface area contributed by atoms with Gasteiger partial charge in [-0.1, -0.05) is 5.16 Å². The molecule has 30 heavy (non-hydrogen) atoms. The Kier molecular flexibility index (Phi) is 4.56. The van der Waals surface area contributed by atoms with E-state index in [1.165, 1.54) is 15.8 Å². The van der Waals surface area contributed by atoms with Crippen LogP contribution in [0.15, 0.2) is 11.4 Å². The third-order valence-electron chi connectivity index (χ3n) is 4.88. The maximum atomic E-state index is 12.8. The summed E-state index contributed by atoms with van der Waals surface area (Å²) >= 11 is 0. The number of fused-ring (bicyclic) bond motifs is 4. The third kappa shape index (κ3) is 3.50. The summed E-state index contributed by atoms with van der Waals surface area (Å²) in [6, 6.07) is -2.31. The second-order valence-corrected chi connectivity index (χ2v) is 9.21. The van der Waals surface area contributed by atoms with E-state index in [0.717, 1.165) is 0 Å². The summed E-state index contributed by atoms with van der Waals surface area (Å²) < 4.78 is 42.9. The van der Waals surface area contributed by atoms with Gasteiger partial charge >= 0.3 is 22.4 Å². The lowest BCUT2D eigenvalue weighted by Gasteiger charge is -2.30. The first-order valence-corrected chi connectivity index (χ1v) is 10.5. The molecule has 1 unspecified atom stereocenters. The maximum Gasteiger partial charge on any atom is 0.418 e. The van der Waals surface area contributed by atoms with E-state index in [4.69, 9.17) is 14.1 Å². The number of esters is 1. The highest BCUT2D eigenvalue weighted by Crippen LogP contribution is 2.45. The fraction of sp³-hybridized carbons (Fsp3) is 0.625. The number of carbonyl (C=O) groups is 2. The molecule has 1 N–H and O–H groups in total. The van der Waals surface area contributed by atoms with Crippen molar-refractivity contribution in [3.05, 3.63) is 17.5 Å². The molecule has 14 heteroatoms. The van der Waals surface area contributed by atoms with Crippen molar-refractivity contribution < 1.29 is 36.4 Å². The van der Waals surface area contributed by atoms with Crippen LogP contribution in [0.5, 0.6) is 0 Å². The number of rotatable bonds is 4. The van der Waals surface area contributed by atoms with E-state index in [-0.39, 0.29) is 13.0 Å². The number of amides is 2. The van der Waals surface area contributed by atoms with Gasteiger partial charge in [0.15, 0.2) is 0 Å². The van der Waals surface area contributed by atoms with Gasteiger partial charge in [-0.25, -0.2) is 9.59 Å². The summed E-state index contributed by atoms with van der Waals surface area (Å²) in [4.78, 5) is 31.8. The number of ether oxygens (including phenoxy) is 1. The zero-order chi connectivity index (χ0) is 22.0. The Morgan fingerprint density at radius 1 is 1.37 bits per heavy atom. The van der Waals surface area contributed by atoms with Gasteiger partial charge in [-0.05, 0) is 20.8 Å². The highest BCUT2D eigenvalue weighted by Gasteiger charge is 2.54. The minimum Gasteiger partial charge on any atom is -0.457 e. The van der Waals surface area contributed by atoms with Gasteiger partial charge < -0.3 is 14.5 Å². The first-order valence-electron chi connectivity index (χ1n) is 9.10. The van der Waals surface area contributed by atoms with Crippen molar-refractivity contribution in [1.29, 1.82) is 0 Å². The van der Waals surface area contributed by atoms with Gasteiger partial charge in [-0.2, -0.15) is 18.6 Å². The molecule has 1 aromatic heterocycles. The zero-order valence-electron chi connectivity index (χ0n) is 16.7. The van der Waals surface area contributed by atoms with Crippen molar-refractivity contribution in [1.82, 2.24) is 19.7 Å². The number of hydrogen-bond donors (Lipinski definition) is 1. The Labute approximate surface area is 172 Å². The van der Waals surface area contributed by atoms with E-state index in [1.54, 1.807) is 27.8 Å². The number of urea groups is 1. The van der Waals surface area contributed by atoms with Crippen LogP contribution in [0, 0.1) is 0 Å². The van der Waals surface area contributed by atoms with Crippen LogP contribution in [-0.2, 0) is 36.1 Å². The first kappa shape index (κ1) is 20.6. The Hall–Kier alpha value is -2.71. The minimum atomic E-state index is -4.91. The molecule has 164 valence electrons. The molecule has 0 spiro atoms. The number of aromatic nitrogens is 2. The number of hydroxylamine groups is 2. The normalized spacial score (nSPS) is 25.8. The average molecular weight is 443 g/mol. The summed E-state index contributed by atoms with van der Waals surface area (Å²) in [7, 11) is -3.25. The molecule has 0 aromatic carbocycles. The number of oxime groups is 1. The zero-order valence-corrected chi connectivity index (χ0v) is 17.5. The number of carbonyl (C=O) groups excluding carboxylic acids is 2. The topological polar surface area (TPSA) is 153 Å². The van der Waals surface area contributed by atoms with Gasteiger partial charge in [0.05, 0.1) is 24.1 Å². The van der Waals surface area contributed by atoms with Crippen molar-refractivity contribution in [3.63, 3.8) is 0 Å². The summed E-state index contributed by atoms with van der Waals surface area (Å²) in [5.74, 6) is -0.579. The first-order chi connectivity index (χ1) is 13.9. The Balaban J connectivity index is 1.64. The van der Waals surface area contributed by atoms with E-state index in [0.29, 0.717) is 22.0 Å². The highest BCUT2D eigenvalue weighted by molar-refractivity contribution is 7.80. The van der Waals surface area contributed by atoms with Crippen molar-refractivity contribution in [2.45, 2.75) is 51.0 Å². The van der Waals surface area contributed by atoms with Crippen LogP contribution >= 0.6 is 0 Å². The number of nitrogens with zero attached hydrogens (tertiary/aromatic N) is 5. The van der Waals surface area contributed by atoms with Gasteiger partial charge in [-0.15, -0.1) is 4.28 Å². The third-order valence-corrected chi connectivity index (χ3v) is 5.23. The Morgan fingerprint density at radius 2 is 2.07 bits per heavy atom. The standard InChI is InChI=1S/C16H21N5O8S/c1-16(2,3)27-14(22)11-5-9(18-28-11)13-12-8(6-17-19(12)4)10-7-20(13)15(23)21(10)29-30(24,25)26/h6,10-11,13H,5,7H2,1-4H3,(H,24,25,26)/t10-,11?,13+/m0/s1. The summed E-state index contributed by atoms with van der Waals surface area (Å²) in [6.45, 7) is 5.28. The van der Waals surface area contributed by atoms with Crippen LogP contribution in [0.25, 0.3) is 0 Å². The van der Waals surface area contributed by atoms with Crippen LogP contribution in [0.3, 0.4) is 0 Å². The van der Waals surface area contributed by atoms with Gasteiger partial charge in [0.2, 0.25) is 6.10 Å². The summed E-state index contributed by atoms with van der Waals surface area (Å²) in [6.07, 6.45) is 0.611. The second kappa shape index (κ2) is 6.65. The van der Waals surface area contributed by atoms with Crippen molar-refractivity contribution >= 4 is 28.1 Å². The molecule has 2 bridgehead atoms. The molecule has 13 nitrogen and oxygen atoms in total. The van der Waals surface area contributed by atoms with Gasteiger partial charge in [0.1, 0.15) is 17.7 Å². The molecule has 4 rings (SSSR count). The van der Waals surface area contributed by atoms with E-state index < -0.39 is 46.2 Å². The van der Waals surface area contributed by atoms with Gasteiger partial charge in [0, 0.05) is 19.0 Å². The number of aryl methyl sites for hydroxylation is 1. The lowest BCUT2D eigenvalue weighted by molar-refractivity contribution is -0.166.